The number of morpholine rings is 1. The molecule has 1 amide bonds. The largest absolute Gasteiger partial charge is 0.368 e. The Kier molecular flexibility index (Phi) is 6.24. The zero-order valence-electron chi connectivity index (χ0n) is 17.1. The Labute approximate surface area is 172 Å². The number of benzene rings is 1. The Balaban J connectivity index is 1.47. The van der Waals surface area contributed by atoms with Crippen LogP contribution in [0.4, 0.5) is 4.39 Å². The topological polar surface area (TPSA) is 42.4 Å². The van der Waals surface area contributed by atoms with Crippen molar-refractivity contribution in [1.29, 1.82) is 0 Å². The summed E-state index contributed by atoms with van der Waals surface area (Å²) in [6, 6.07) is 10.7. The van der Waals surface area contributed by atoms with Gasteiger partial charge in [-0.25, -0.2) is 4.39 Å². The number of ether oxygens (including phenoxy) is 1. The molecule has 5 heteroatoms. The van der Waals surface area contributed by atoms with E-state index in [4.69, 9.17) is 9.72 Å². The van der Waals surface area contributed by atoms with Crippen LogP contribution in [0.15, 0.2) is 36.4 Å². The van der Waals surface area contributed by atoms with Gasteiger partial charge in [0.05, 0.1) is 18.8 Å². The molecule has 2 heterocycles. The summed E-state index contributed by atoms with van der Waals surface area (Å²) in [5.41, 5.74) is 3.99. The van der Waals surface area contributed by atoms with Gasteiger partial charge in [0, 0.05) is 18.2 Å². The maximum Gasteiger partial charge on any atom is 0.225 e. The van der Waals surface area contributed by atoms with Crippen LogP contribution in [0.3, 0.4) is 0 Å². The van der Waals surface area contributed by atoms with Gasteiger partial charge in [-0.15, -0.1) is 0 Å². The van der Waals surface area contributed by atoms with E-state index >= 15 is 0 Å². The van der Waals surface area contributed by atoms with E-state index in [-0.39, 0.29) is 23.7 Å². The number of hydrogen-bond acceptors (Lipinski definition) is 3. The smallest absolute Gasteiger partial charge is 0.225 e. The summed E-state index contributed by atoms with van der Waals surface area (Å²) < 4.78 is 19.2. The van der Waals surface area contributed by atoms with Gasteiger partial charge in [0.2, 0.25) is 5.91 Å². The van der Waals surface area contributed by atoms with Gasteiger partial charge < -0.3 is 9.64 Å². The number of halogens is 1. The van der Waals surface area contributed by atoms with E-state index in [0.717, 1.165) is 48.2 Å². The van der Waals surface area contributed by atoms with Crippen LogP contribution in [0.2, 0.25) is 0 Å². The Morgan fingerprint density at radius 3 is 2.66 bits per heavy atom. The molecule has 154 valence electrons. The van der Waals surface area contributed by atoms with Crippen LogP contribution in [0.5, 0.6) is 0 Å². The van der Waals surface area contributed by atoms with E-state index in [1.165, 1.54) is 18.6 Å². The molecule has 0 radical (unpaired) electrons. The van der Waals surface area contributed by atoms with Crippen molar-refractivity contribution < 1.29 is 13.9 Å². The second-order valence-electron chi connectivity index (χ2n) is 8.32. The summed E-state index contributed by atoms with van der Waals surface area (Å²) in [6.45, 7) is 3.76. The Hall–Kier alpha value is -2.27. The van der Waals surface area contributed by atoms with Crippen LogP contribution < -0.4 is 0 Å². The van der Waals surface area contributed by atoms with E-state index in [2.05, 4.69) is 12.1 Å². The Morgan fingerprint density at radius 2 is 1.90 bits per heavy atom. The molecule has 1 aromatic heterocycles. The number of carbonyl (C=O) groups is 1. The molecule has 0 bridgehead atoms. The monoisotopic (exact) mass is 396 g/mol. The quantitative estimate of drug-likeness (QED) is 0.759. The molecular weight excluding hydrogens is 367 g/mol. The first-order valence-electron chi connectivity index (χ1n) is 10.7. The molecule has 1 saturated carbocycles. The summed E-state index contributed by atoms with van der Waals surface area (Å²) in [4.78, 5) is 19.6. The molecule has 0 spiro atoms. The molecule has 29 heavy (non-hydrogen) atoms. The average Bonchev–Trinajstić information content (AvgIpc) is 2.75. The minimum Gasteiger partial charge on any atom is -0.368 e. The molecule has 2 fully saturated rings. The van der Waals surface area contributed by atoms with Crippen molar-refractivity contribution in [1.82, 2.24) is 9.88 Å². The van der Waals surface area contributed by atoms with Crippen molar-refractivity contribution >= 4 is 5.91 Å². The van der Waals surface area contributed by atoms with E-state index in [1.54, 1.807) is 0 Å². The summed E-state index contributed by atoms with van der Waals surface area (Å²) >= 11 is 0. The molecule has 2 aliphatic rings. The minimum absolute atomic E-state index is 0.182. The highest BCUT2D eigenvalue weighted by Crippen LogP contribution is 2.29. The first-order chi connectivity index (χ1) is 14.1. The van der Waals surface area contributed by atoms with Crippen LogP contribution in [-0.2, 0) is 16.0 Å². The van der Waals surface area contributed by atoms with Gasteiger partial charge in [0.15, 0.2) is 0 Å². The van der Waals surface area contributed by atoms with Gasteiger partial charge in [0.25, 0.3) is 0 Å². The van der Waals surface area contributed by atoms with Crippen molar-refractivity contribution in [2.24, 2.45) is 5.92 Å². The third kappa shape index (κ3) is 5.02. The van der Waals surface area contributed by atoms with Gasteiger partial charge in [-0.2, -0.15) is 0 Å². The maximum absolute atomic E-state index is 13.2. The van der Waals surface area contributed by atoms with Crippen LogP contribution in [0.1, 0.15) is 60.7 Å². The number of hydrogen-bond donors (Lipinski definition) is 0. The fourth-order valence-corrected chi connectivity index (χ4v) is 4.51. The molecule has 4 nitrogen and oxygen atoms in total. The summed E-state index contributed by atoms with van der Waals surface area (Å²) in [5, 5.41) is 0. The van der Waals surface area contributed by atoms with Crippen LogP contribution in [-0.4, -0.2) is 35.5 Å². The van der Waals surface area contributed by atoms with Crippen molar-refractivity contribution in [2.75, 3.05) is 19.7 Å². The summed E-state index contributed by atoms with van der Waals surface area (Å²) in [5.74, 6) is 0.248. The van der Waals surface area contributed by atoms with Crippen molar-refractivity contribution in [3.63, 3.8) is 0 Å². The van der Waals surface area contributed by atoms with Gasteiger partial charge in [-0.05, 0) is 61.6 Å². The van der Waals surface area contributed by atoms with Crippen molar-refractivity contribution in [2.45, 2.75) is 51.6 Å². The van der Waals surface area contributed by atoms with Gasteiger partial charge >= 0.3 is 0 Å². The highest BCUT2D eigenvalue weighted by molar-refractivity contribution is 5.79. The summed E-state index contributed by atoms with van der Waals surface area (Å²) in [6.07, 6.45) is 6.14. The molecule has 1 aromatic carbocycles. The standard InChI is InChI=1S/C24H29FN2O2/c1-17-13-19(14-18-7-9-21(25)10-8-18)15-22(26-17)23-16-27(11-12-29-23)24(28)20-5-3-2-4-6-20/h7-10,13,15,20,23H,2-6,11-12,14,16H2,1H3. The average molecular weight is 397 g/mol. The molecule has 1 unspecified atom stereocenters. The lowest BCUT2D eigenvalue weighted by atomic mass is 9.88. The molecule has 2 aromatic rings. The number of carbonyl (C=O) groups excluding carboxylic acids is 1. The SMILES string of the molecule is Cc1cc(Cc2ccc(F)cc2)cc(C2CN(C(=O)C3CCCCC3)CCO2)n1. The fourth-order valence-electron chi connectivity index (χ4n) is 4.51. The Morgan fingerprint density at radius 1 is 1.14 bits per heavy atom. The number of amides is 1. The zero-order valence-corrected chi connectivity index (χ0v) is 17.1. The van der Waals surface area contributed by atoms with E-state index < -0.39 is 0 Å². The van der Waals surface area contributed by atoms with Crippen LogP contribution in [0.25, 0.3) is 0 Å². The lowest BCUT2D eigenvalue weighted by molar-refractivity contribution is -0.144. The second-order valence-corrected chi connectivity index (χ2v) is 8.32. The number of nitrogens with zero attached hydrogens (tertiary/aromatic N) is 2. The summed E-state index contributed by atoms with van der Waals surface area (Å²) in [7, 11) is 0. The van der Waals surface area contributed by atoms with Gasteiger partial charge in [-0.1, -0.05) is 31.4 Å². The van der Waals surface area contributed by atoms with E-state index in [9.17, 15) is 9.18 Å². The number of rotatable bonds is 4. The third-order valence-corrected chi connectivity index (χ3v) is 6.02. The zero-order chi connectivity index (χ0) is 20.2. The third-order valence-electron chi connectivity index (χ3n) is 6.02. The highest BCUT2D eigenvalue weighted by atomic mass is 19.1. The van der Waals surface area contributed by atoms with E-state index in [1.807, 2.05) is 24.0 Å². The lowest BCUT2D eigenvalue weighted by Gasteiger charge is -2.36. The molecule has 1 aliphatic heterocycles. The van der Waals surface area contributed by atoms with Gasteiger partial charge in [0.1, 0.15) is 11.9 Å². The van der Waals surface area contributed by atoms with E-state index in [0.29, 0.717) is 26.1 Å². The van der Waals surface area contributed by atoms with Gasteiger partial charge in [-0.3, -0.25) is 9.78 Å². The molecular formula is C24H29FN2O2. The molecule has 4 rings (SSSR count). The normalized spacial score (nSPS) is 20.6. The van der Waals surface area contributed by atoms with Crippen molar-refractivity contribution in [3.05, 3.63) is 64.7 Å². The van der Waals surface area contributed by atoms with Crippen LogP contribution in [0, 0.1) is 18.7 Å². The molecule has 1 saturated heterocycles. The first-order valence-corrected chi connectivity index (χ1v) is 10.7. The molecule has 1 aliphatic carbocycles. The Bertz CT molecular complexity index is 846. The maximum atomic E-state index is 13.2. The minimum atomic E-state index is -0.223. The predicted octanol–water partition coefficient (Wildman–Crippen LogP) is 4.60. The fraction of sp³-hybridized carbons (Fsp3) is 0.500. The first kappa shape index (κ1) is 20.0. The lowest BCUT2D eigenvalue weighted by Crippen LogP contribution is -2.45. The van der Waals surface area contributed by atoms with Crippen molar-refractivity contribution in [3.8, 4) is 0 Å². The second kappa shape index (κ2) is 9.04. The molecule has 0 N–H and O–H groups in total. The highest BCUT2D eigenvalue weighted by Gasteiger charge is 2.31. The van der Waals surface area contributed by atoms with Crippen LogP contribution >= 0.6 is 0 Å². The number of pyridine rings is 1. The predicted molar refractivity (Wildman–Crippen MR) is 110 cm³/mol. The number of aryl methyl sites for hydroxylation is 1. The molecule has 1 atom stereocenters. The number of aromatic nitrogens is 1.